The molecular formula is C19H23NO. The maximum atomic E-state index is 6.67. The highest BCUT2D eigenvalue weighted by atomic mass is 16.5. The molecule has 110 valence electrons. The van der Waals surface area contributed by atoms with Crippen molar-refractivity contribution in [3.8, 4) is 5.75 Å². The summed E-state index contributed by atoms with van der Waals surface area (Å²) in [5.41, 5.74) is 9.17. The SMILES string of the molecule is COc1ccc(C2(N)CCC(c3ccccc3)CC2)cc1. The Kier molecular flexibility index (Phi) is 3.98. The van der Waals surface area contributed by atoms with E-state index in [0.717, 1.165) is 31.4 Å². The van der Waals surface area contributed by atoms with E-state index < -0.39 is 0 Å². The highest BCUT2D eigenvalue weighted by Gasteiger charge is 2.33. The van der Waals surface area contributed by atoms with Crippen LogP contribution in [0.4, 0.5) is 0 Å². The van der Waals surface area contributed by atoms with Gasteiger partial charge in [-0.2, -0.15) is 0 Å². The van der Waals surface area contributed by atoms with Gasteiger partial charge in [0.2, 0.25) is 0 Å². The molecule has 2 aromatic rings. The van der Waals surface area contributed by atoms with Gasteiger partial charge >= 0.3 is 0 Å². The third kappa shape index (κ3) is 2.96. The van der Waals surface area contributed by atoms with Crippen molar-refractivity contribution in [3.63, 3.8) is 0 Å². The number of rotatable bonds is 3. The predicted molar refractivity (Wildman–Crippen MR) is 86.5 cm³/mol. The largest absolute Gasteiger partial charge is 0.497 e. The summed E-state index contributed by atoms with van der Waals surface area (Å²) < 4.78 is 5.22. The summed E-state index contributed by atoms with van der Waals surface area (Å²) >= 11 is 0. The predicted octanol–water partition coefficient (Wildman–Crippen LogP) is 4.21. The molecule has 0 saturated heterocycles. The van der Waals surface area contributed by atoms with E-state index >= 15 is 0 Å². The summed E-state index contributed by atoms with van der Waals surface area (Å²) in [5, 5.41) is 0. The Labute approximate surface area is 126 Å². The van der Waals surface area contributed by atoms with Crippen molar-refractivity contribution < 1.29 is 4.74 Å². The molecule has 0 atom stereocenters. The van der Waals surface area contributed by atoms with Gasteiger partial charge in [0.15, 0.2) is 0 Å². The average Bonchev–Trinajstić information content (AvgIpc) is 2.56. The Morgan fingerprint density at radius 1 is 0.952 bits per heavy atom. The quantitative estimate of drug-likeness (QED) is 0.914. The normalized spacial score (nSPS) is 25.5. The minimum Gasteiger partial charge on any atom is -0.497 e. The number of methoxy groups -OCH3 is 1. The molecule has 21 heavy (non-hydrogen) atoms. The number of hydrogen-bond acceptors (Lipinski definition) is 2. The van der Waals surface area contributed by atoms with Gasteiger partial charge in [-0.25, -0.2) is 0 Å². The lowest BCUT2D eigenvalue weighted by Gasteiger charge is -2.38. The number of ether oxygens (including phenoxy) is 1. The molecule has 0 bridgehead atoms. The van der Waals surface area contributed by atoms with Crippen LogP contribution in [-0.2, 0) is 5.54 Å². The zero-order chi connectivity index (χ0) is 14.7. The van der Waals surface area contributed by atoms with Crippen LogP contribution in [0.25, 0.3) is 0 Å². The second-order valence-corrected chi connectivity index (χ2v) is 6.07. The van der Waals surface area contributed by atoms with Gasteiger partial charge in [-0.15, -0.1) is 0 Å². The molecule has 1 aliphatic rings. The molecule has 0 aliphatic heterocycles. The summed E-state index contributed by atoms with van der Waals surface area (Å²) in [6, 6.07) is 19.1. The maximum absolute atomic E-state index is 6.67. The van der Waals surface area contributed by atoms with Crippen molar-refractivity contribution >= 4 is 0 Å². The van der Waals surface area contributed by atoms with Crippen molar-refractivity contribution in [1.82, 2.24) is 0 Å². The van der Waals surface area contributed by atoms with Crippen molar-refractivity contribution in [2.24, 2.45) is 5.73 Å². The molecule has 2 N–H and O–H groups in total. The van der Waals surface area contributed by atoms with Gasteiger partial charge in [-0.05, 0) is 54.9 Å². The second kappa shape index (κ2) is 5.90. The van der Waals surface area contributed by atoms with Crippen LogP contribution in [0.3, 0.4) is 0 Å². The fraction of sp³-hybridized carbons (Fsp3) is 0.368. The Balaban J connectivity index is 1.71. The molecule has 0 spiro atoms. The lowest BCUT2D eigenvalue weighted by molar-refractivity contribution is 0.276. The Morgan fingerprint density at radius 3 is 2.14 bits per heavy atom. The molecule has 3 rings (SSSR count). The Hall–Kier alpha value is -1.80. The van der Waals surface area contributed by atoms with Crippen molar-refractivity contribution in [1.29, 1.82) is 0 Å². The molecule has 0 amide bonds. The molecule has 1 saturated carbocycles. The Morgan fingerprint density at radius 2 is 1.57 bits per heavy atom. The summed E-state index contributed by atoms with van der Waals surface area (Å²) in [4.78, 5) is 0. The molecule has 1 fully saturated rings. The summed E-state index contributed by atoms with van der Waals surface area (Å²) in [5.74, 6) is 1.54. The fourth-order valence-electron chi connectivity index (χ4n) is 3.40. The van der Waals surface area contributed by atoms with E-state index in [1.165, 1.54) is 11.1 Å². The first kappa shape index (κ1) is 14.2. The molecule has 1 aliphatic carbocycles. The van der Waals surface area contributed by atoms with Crippen LogP contribution in [0.1, 0.15) is 42.7 Å². The highest BCUT2D eigenvalue weighted by molar-refractivity contribution is 5.32. The van der Waals surface area contributed by atoms with E-state index in [2.05, 4.69) is 42.5 Å². The van der Waals surface area contributed by atoms with E-state index in [1.54, 1.807) is 7.11 Å². The van der Waals surface area contributed by atoms with E-state index in [1.807, 2.05) is 12.1 Å². The van der Waals surface area contributed by atoms with E-state index in [9.17, 15) is 0 Å². The Bertz CT molecular complexity index is 568. The molecule has 0 aromatic heterocycles. The van der Waals surface area contributed by atoms with Gasteiger partial charge in [-0.1, -0.05) is 42.5 Å². The van der Waals surface area contributed by atoms with Crippen molar-refractivity contribution in [3.05, 3.63) is 65.7 Å². The second-order valence-electron chi connectivity index (χ2n) is 6.07. The standard InChI is InChI=1S/C19H23NO/c1-21-18-9-7-17(8-10-18)19(20)13-11-16(12-14-19)15-5-3-2-4-6-15/h2-10,16H,11-14,20H2,1H3. The molecule has 0 radical (unpaired) electrons. The minimum absolute atomic E-state index is 0.183. The van der Waals surface area contributed by atoms with Gasteiger partial charge in [0.25, 0.3) is 0 Å². The summed E-state index contributed by atoms with van der Waals surface area (Å²) in [6.45, 7) is 0. The molecule has 2 aromatic carbocycles. The summed E-state index contributed by atoms with van der Waals surface area (Å²) in [6.07, 6.45) is 4.40. The zero-order valence-corrected chi connectivity index (χ0v) is 12.6. The van der Waals surface area contributed by atoms with Gasteiger partial charge in [0.05, 0.1) is 7.11 Å². The lowest BCUT2D eigenvalue weighted by Crippen LogP contribution is -2.40. The number of benzene rings is 2. The van der Waals surface area contributed by atoms with Crippen LogP contribution in [0.2, 0.25) is 0 Å². The third-order valence-corrected chi connectivity index (χ3v) is 4.81. The number of nitrogens with two attached hydrogens (primary N) is 1. The molecular weight excluding hydrogens is 258 g/mol. The van der Waals surface area contributed by atoms with Crippen LogP contribution < -0.4 is 10.5 Å². The van der Waals surface area contributed by atoms with Crippen molar-refractivity contribution in [2.75, 3.05) is 7.11 Å². The first-order valence-electron chi connectivity index (χ1n) is 7.70. The average molecular weight is 281 g/mol. The van der Waals surface area contributed by atoms with Gasteiger partial charge < -0.3 is 10.5 Å². The van der Waals surface area contributed by atoms with Gasteiger partial charge in [-0.3, -0.25) is 0 Å². The van der Waals surface area contributed by atoms with Gasteiger partial charge in [0.1, 0.15) is 5.75 Å². The first-order valence-corrected chi connectivity index (χ1v) is 7.70. The van der Waals surface area contributed by atoms with E-state index in [-0.39, 0.29) is 5.54 Å². The van der Waals surface area contributed by atoms with Crippen LogP contribution in [0, 0.1) is 0 Å². The highest BCUT2D eigenvalue weighted by Crippen LogP contribution is 2.41. The van der Waals surface area contributed by atoms with Gasteiger partial charge in [0, 0.05) is 5.54 Å². The zero-order valence-electron chi connectivity index (χ0n) is 12.6. The van der Waals surface area contributed by atoms with Crippen LogP contribution >= 0.6 is 0 Å². The van der Waals surface area contributed by atoms with Crippen molar-refractivity contribution in [2.45, 2.75) is 37.1 Å². The topological polar surface area (TPSA) is 35.2 Å². The molecule has 2 heteroatoms. The number of hydrogen-bond donors (Lipinski definition) is 1. The van der Waals surface area contributed by atoms with Crippen LogP contribution in [0.5, 0.6) is 5.75 Å². The van der Waals surface area contributed by atoms with Crippen LogP contribution in [0.15, 0.2) is 54.6 Å². The third-order valence-electron chi connectivity index (χ3n) is 4.81. The smallest absolute Gasteiger partial charge is 0.118 e. The van der Waals surface area contributed by atoms with E-state index in [0.29, 0.717) is 5.92 Å². The molecule has 0 heterocycles. The molecule has 0 unspecified atom stereocenters. The first-order chi connectivity index (χ1) is 10.2. The minimum atomic E-state index is -0.183. The summed E-state index contributed by atoms with van der Waals surface area (Å²) in [7, 11) is 1.69. The maximum Gasteiger partial charge on any atom is 0.118 e. The van der Waals surface area contributed by atoms with Crippen LogP contribution in [-0.4, -0.2) is 7.11 Å². The van der Waals surface area contributed by atoms with E-state index in [4.69, 9.17) is 10.5 Å². The fourth-order valence-corrected chi connectivity index (χ4v) is 3.40. The molecule has 2 nitrogen and oxygen atoms in total. The monoisotopic (exact) mass is 281 g/mol. The lowest BCUT2D eigenvalue weighted by atomic mass is 9.71.